The van der Waals surface area contributed by atoms with E-state index in [2.05, 4.69) is 27.7 Å². The van der Waals surface area contributed by atoms with E-state index in [9.17, 15) is 0 Å². The molecule has 0 saturated carbocycles. The summed E-state index contributed by atoms with van der Waals surface area (Å²) in [6.45, 7) is 9.43. The number of hydrogen-bond acceptors (Lipinski definition) is 1. The van der Waals surface area contributed by atoms with Crippen molar-refractivity contribution in [2.45, 2.75) is 156 Å². The second kappa shape index (κ2) is 28.7. The average molecular weight is 482 g/mol. The Morgan fingerprint density at radius 3 is 0.839 bits per heavy atom. The zero-order valence-corrected chi connectivity index (χ0v) is 24.4. The summed E-state index contributed by atoms with van der Waals surface area (Å²) in [5, 5.41) is 0. The SMILES string of the molecule is CCCCCCCC[PH](CCCC)(CCCCCCCC)CCCCCCCC.Cl.N. The molecule has 0 unspecified atom stereocenters. The third kappa shape index (κ3) is 23.6. The fraction of sp³-hybridized carbons (Fsp3) is 1.00. The van der Waals surface area contributed by atoms with Gasteiger partial charge in [0.05, 0.1) is 0 Å². The minimum Gasteiger partial charge on any atom is -0.344 e. The van der Waals surface area contributed by atoms with Crippen LogP contribution in [0.5, 0.6) is 0 Å². The van der Waals surface area contributed by atoms with Gasteiger partial charge in [-0.3, -0.25) is 0 Å². The first-order chi connectivity index (χ1) is 14.2. The molecule has 0 spiro atoms. The van der Waals surface area contributed by atoms with Crippen molar-refractivity contribution < 1.29 is 0 Å². The Morgan fingerprint density at radius 2 is 0.548 bits per heavy atom. The van der Waals surface area contributed by atoms with Gasteiger partial charge in [-0.1, -0.05) is 0 Å². The summed E-state index contributed by atoms with van der Waals surface area (Å²) in [6.07, 6.45) is 36.3. The Kier molecular flexibility index (Phi) is 33.6. The van der Waals surface area contributed by atoms with E-state index in [0.29, 0.717) is 0 Å². The quantitative estimate of drug-likeness (QED) is 0.108. The molecule has 0 atom stereocenters. The van der Waals surface area contributed by atoms with Gasteiger partial charge < -0.3 is 6.15 Å². The molecule has 3 heteroatoms. The van der Waals surface area contributed by atoms with E-state index in [0.717, 1.165) is 0 Å². The third-order valence-corrected chi connectivity index (χ3v) is 12.9. The van der Waals surface area contributed by atoms with Crippen molar-refractivity contribution in [2.24, 2.45) is 0 Å². The van der Waals surface area contributed by atoms with Crippen LogP contribution in [0.15, 0.2) is 0 Å². The summed E-state index contributed by atoms with van der Waals surface area (Å²) >= 11 is 0. The van der Waals surface area contributed by atoms with Crippen molar-refractivity contribution in [2.75, 3.05) is 24.6 Å². The van der Waals surface area contributed by atoms with Crippen LogP contribution in [0.4, 0.5) is 0 Å². The second-order valence-electron chi connectivity index (χ2n) is 10.2. The molecule has 0 heterocycles. The Bertz CT molecular complexity index is 271. The van der Waals surface area contributed by atoms with Gasteiger partial charge in [-0.2, -0.15) is 0 Å². The van der Waals surface area contributed by atoms with Crippen LogP contribution >= 0.6 is 19.7 Å². The fourth-order valence-electron chi connectivity index (χ4n) is 5.14. The van der Waals surface area contributed by atoms with Crippen LogP contribution in [0, 0.1) is 0 Å². The van der Waals surface area contributed by atoms with Crippen molar-refractivity contribution in [1.29, 1.82) is 0 Å². The maximum atomic E-state index is 2.42. The molecule has 0 rings (SSSR count). The second-order valence-corrected chi connectivity index (χ2v) is 15.2. The van der Waals surface area contributed by atoms with Gasteiger partial charge in [-0.25, -0.2) is 0 Å². The van der Waals surface area contributed by atoms with Gasteiger partial charge in [-0.15, -0.1) is 12.4 Å². The molecular weight excluding hydrogens is 417 g/mol. The summed E-state index contributed by atoms with van der Waals surface area (Å²) < 4.78 is 0. The summed E-state index contributed by atoms with van der Waals surface area (Å²) in [5.41, 5.74) is 0. The van der Waals surface area contributed by atoms with E-state index in [4.69, 9.17) is 0 Å². The topological polar surface area (TPSA) is 35.0 Å². The minimum atomic E-state index is -1.02. The monoisotopic (exact) mass is 481 g/mol. The average Bonchev–Trinajstić information content (AvgIpc) is 2.74. The Labute approximate surface area is 206 Å². The van der Waals surface area contributed by atoms with Gasteiger partial charge in [0.15, 0.2) is 0 Å². The van der Waals surface area contributed by atoms with Crippen LogP contribution < -0.4 is 6.15 Å². The summed E-state index contributed by atoms with van der Waals surface area (Å²) in [4.78, 5) is 0. The number of unbranched alkanes of at least 4 members (excludes halogenated alkanes) is 16. The molecule has 0 amide bonds. The molecule has 0 aliphatic rings. The molecule has 0 fully saturated rings. The number of halogens is 1. The molecule has 0 aromatic heterocycles. The van der Waals surface area contributed by atoms with Crippen LogP contribution in [0.3, 0.4) is 0 Å². The molecule has 0 radical (unpaired) electrons. The van der Waals surface area contributed by atoms with Crippen LogP contribution in [-0.2, 0) is 0 Å². The van der Waals surface area contributed by atoms with E-state index in [1.807, 2.05) is 0 Å². The molecule has 1 nitrogen and oxygen atoms in total. The van der Waals surface area contributed by atoms with E-state index in [-0.39, 0.29) is 18.6 Å². The fourth-order valence-corrected chi connectivity index (χ4v) is 10.7. The smallest absolute Gasteiger partial charge is 0.147 e. The molecule has 0 bridgehead atoms. The van der Waals surface area contributed by atoms with Gasteiger partial charge in [0, 0.05) is 0 Å². The van der Waals surface area contributed by atoms with Crippen molar-refractivity contribution in [3.8, 4) is 0 Å². The van der Waals surface area contributed by atoms with E-state index >= 15 is 0 Å². The number of hydrogen-bond donors (Lipinski definition) is 1. The maximum Gasteiger partial charge on any atom is -0.147 e. The normalized spacial score (nSPS) is 11.7. The summed E-state index contributed by atoms with van der Waals surface area (Å²) in [7, 11) is -1.02. The first-order valence-electron chi connectivity index (χ1n) is 14.2. The zero-order chi connectivity index (χ0) is 21.5. The first kappa shape index (κ1) is 36.3. The standard InChI is InChI=1S/C28H61P.ClH.H3N/c1-5-9-13-16-19-22-26-29(25-12-8-4,27-23-20-17-14-10-6-2)28-24-21-18-15-11-7-3;;/h29H,5-28H2,1-4H3;1H;1H3. The van der Waals surface area contributed by atoms with Crippen LogP contribution in [0.2, 0.25) is 0 Å². The predicted molar refractivity (Wildman–Crippen MR) is 155 cm³/mol. The molecule has 0 aliphatic carbocycles. The summed E-state index contributed by atoms with van der Waals surface area (Å²) in [5.74, 6) is 0. The van der Waals surface area contributed by atoms with Gasteiger partial charge in [-0.05, 0) is 0 Å². The predicted octanol–water partition coefficient (Wildman–Crippen LogP) is 11.2. The van der Waals surface area contributed by atoms with E-state index in [1.165, 1.54) is 109 Å². The molecule has 0 aliphatic heterocycles. The molecule has 194 valence electrons. The molecule has 0 aromatic rings. The Hall–Kier alpha value is 0.680. The minimum absolute atomic E-state index is 0. The van der Waals surface area contributed by atoms with Crippen molar-refractivity contribution >= 4 is 19.7 Å². The van der Waals surface area contributed by atoms with Gasteiger partial charge >= 0.3 is 188 Å². The third-order valence-electron chi connectivity index (χ3n) is 7.24. The van der Waals surface area contributed by atoms with Crippen molar-refractivity contribution in [1.82, 2.24) is 6.15 Å². The Balaban J connectivity index is -0.00000392. The first-order valence-corrected chi connectivity index (χ1v) is 17.1. The molecule has 31 heavy (non-hydrogen) atoms. The Morgan fingerprint density at radius 1 is 0.323 bits per heavy atom. The van der Waals surface area contributed by atoms with E-state index in [1.54, 1.807) is 43.9 Å². The van der Waals surface area contributed by atoms with Gasteiger partial charge in [0.1, 0.15) is 0 Å². The maximum absolute atomic E-state index is 2.42. The van der Waals surface area contributed by atoms with Crippen molar-refractivity contribution in [3.05, 3.63) is 0 Å². The van der Waals surface area contributed by atoms with E-state index < -0.39 is 7.26 Å². The molecular formula is C28H65ClNP. The molecule has 0 saturated heterocycles. The zero-order valence-electron chi connectivity index (χ0n) is 22.6. The van der Waals surface area contributed by atoms with Gasteiger partial charge in [0.2, 0.25) is 0 Å². The summed E-state index contributed by atoms with van der Waals surface area (Å²) in [6, 6.07) is 0. The molecule has 0 aromatic carbocycles. The number of rotatable bonds is 24. The van der Waals surface area contributed by atoms with Crippen LogP contribution in [0.1, 0.15) is 156 Å². The van der Waals surface area contributed by atoms with Gasteiger partial charge in [0.25, 0.3) is 0 Å². The van der Waals surface area contributed by atoms with Crippen molar-refractivity contribution in [3.63, 3.8) is 0 Å². The van der Waals surface area contributed by atoms with Crippen LogP contribution in [-0.4, -0.2) is 24.6 Å². The molecule has 3 N–H and O–H groups in total. The van der Waals surface area contributed by atoms with Crippen LogP contribution in [0.25, 0.3) is 0 Å². The largest absolute Gasteiger partial charge is 0.344 e.